The number of para-hydroxylation sites is 4. The highest BCUT2D eigenvalue weighted by Gasteiger charge is 2.20. The van der Waals surface area contributed by atoms with E-state index in [2.05, 4.69) is 187 Å². The lowest BCUT2D eigenvalue weighted by atomic mass is 9.83. The van der Waals surface area contributed by atoms with Crippen molar-refractivity contribution in [2.75, 3.05) is 0 Å². The molecule has 0 amide bonds. The highest BCUT2D eigenvalue weighted by Crippen LogP contribution is 2.40. The summed E-state index contributed by atoms with van der Waals surface area (Å²) in [5.74, 6) is 0.0460. The summed E-state index contributed by atoms with van der Waals surface area (Å²) in [4.78, 5) is 0. The lowest BCUT2D eigenvalue weighted by molar-refractivity contribution is 0.670. The number of furan rings is 1. The molecule has 0 N–H and O–H groups in total. The predicted octanol–water partition coefficient (Wildman–Crippen LogP) is 13.2. The molecule has 1 unspecified atom stereocenters. The van der Waals surface area contributed by atoms with E-state index in [1.54, 1.807) is 0 Å². The number of hydrogen-bond donors (Lipinski definition) is 0. The van der Waals surface area contributed by atoms with Crippen molar-refractivity contribution in [2.24, 2.45) is 0 Å². The van der Waals surface area contributed by atoms with E-state index >= 15 is 0 Å². The largest absolute Gasteiger partial charge is 0.455 e. The molecule has 10 rings (SSSR count). The highest BCUT2D eigenvalue weighted by molar-refractivity contribution is 6.11. The molecular weight excluding hydrogens is 619 g/mol. The minimum Gasteiger partial charge on any atom is -0.455 e. The van der Waals surface area contributed by atoms with Gasteiger partial charge in [-0.15, -0.1) is 0 Å². The molecule has 0 bridgehead atoms. The Morgan fingerprint density at radius 3 is 1.78 bits per heavy atom. The van der Waals surface area contributed by atoms with E-state index in [0.29, 0.717) is 0 Å². The summed E-state index contributed by atoms with van der Waals surface area (Å²) in [6, 6.07) is 70.0. The van der Waals surface area contributed by atoms with Crippen LogP contribution in [0.1, 0.15) is 22.6 Å². The Morgan fingerprint density at radius 2 is 0.961 bits per heavy atom. The first-order valence-electron chi connectivity index (χ1n) is 17.5. The van der Waals surface area contributed by atoms with Gasteiger partial charge in [0.25, 0.3) is 0 Å². The van der Waals surface area contributed by atoms with Crippen molar-refractivity contribution in [1.82, 2.24) is 4.57 Å². The lowest BCUT2D eigenvalue weighted by Gasteiger charge is -2.21. The van der Waals surface area contributed by atoms with E-state index in [9.17, 15) is 0 Å². The van der Waals surface area contributed by atoms with Gasteiger partial charge < -0.3 is 8.98 Å². The molecule has 0 spiro atoms. The zero-order chi connectivity index (χ0) is 33.7. The van der Waals surface area contributed by atoms with Crippen molar-refractivity contribution in [3.63, 3.8) is 0 Å². The van der Waals surface area contributed by atoms with Gasteiger partial charge in [0.15, 0.2) is 0 Å². The van der Waals surface area contributed by atoms with Crippen LogP contribution in [0, 0.1) is 0 Å². The maximum Gasteiger partial charge on any atom is 0.143 e. The second-order valence-corrected chi connectivity index (χ2v) is 13.3. The molecule has 2 heterocycles. The number of hydrogen-bond acceptors (Lipinski definition) is 1. The minimum atomic E-state index is 0.0460. The Balaban J connectivity index is 1.10. The van der Waals surface area contributed by atoms with Gasteiger partial charge in [-0.1, -0.05) is 158 Å². The lowest BCUT2D eigenvalue weighted by Crippen LogP contribution is -2.04. The van der Waals surface area contributed by atoms with E-state index < -0.39 is 0 Å². The SMILES string of the molecule is c1ccc(C(c2cccc(-c3ccc4c(c3)c3ccccc3n4-c3ccccc3)c2)c2cccc(-c3cccc4c3oc3ccccc34)c2)cc1. The molecule has 240 valence electrons. The van der Waals surface area contributed by atoms with Crippen molar-refractivity contribution in [3.8, 4) is 27.9 Å². The van der Waals surface area contributed by atoms with E-state index in [-0.39, 0.29) is 5.92 Å². The smallest absolute Gasteiger partial charge is 0.143 e. The molecule has 0 aliphatic rings. The molecule has 1 atom stereocenters. The molecule has 0 aliphatic carbocycles. The second-order valence-electron chi connectivity index (χ2n) is 13.3. The zero-order valence-corrected chi connectivity index (χ0v) is 27.9. The number of fused-ring (bicyclic) bond motifs is 6. The fourth-order valence-electron chi connectivity index (χ4n) is 7.99. The van der Waals surface area contributed by atoms with Gasteiger partial charge in [0, 0.05) is 38.7 Å². The number of rotatable bonds is 6. The van der Waals surface area contributed by atoms with Gasteiger partial charge in [-0.05, 0) is 69.8 Å². The van der Waals surface area contributed by atoms with Gasteiger partial charge in [0.1, 0.15) is 11.2 Å². The molecule has 2 heteroatoms. The summed E-state index contributed by atoms with van der Waals surface area (Å²) < 4.78 is 8.82. The van der Waals surface area contributed by atoms with Gasteiger partial charge >= 0.3 is 0 Å². The fraction of sp³-hybridized carbons (Fsp3) is 0.0204. The molecule has 51 heavy (non-hydrogen) atoms. The summed E-state index contributed by atoms with van der Waals surface area (Å²) in [6.45, 7) is 0. The average molecular weight is 652 g/mol. The van der Waals surface area contributed by atoms with Crippen LogP contribution in [0.5, 0.6) is 0 Å². The number of nitrogens with zero attached hydrogens (tertiary/aromatic N) is 1. The van der Waals surface area contributed by atoms with E-state index in [4.69, 9.17) is 4.42 Å². The Kier molecular flexibility index (Phi) is 6.92. The second kappa shape index (κ2) is 12.0. The summed E-state index contributed by atoms with van der Waals surface area (Å²) in [5.41, 5.74) is 13.9. The Labute approximate surface area is 296 Å². The van der Waals surface area contributed by atoms with Gasteiger partial charge in [-0.2, -0.15) is 0 Å². The van der Waals surface area contributed by atoms with Crippen LogP contribution in [0.4, 0.5) is 0 Å². The third-order valence-electron chi connectivity index (χ3n) is 10.3. The van der Waals surface area contributed by atoms with Gasteiger partial charge in [-0.3, -0.25) is 0 Å². The molecule has 2 aromatic heterocycles. The minimum absolute atomic E-state index is 0.0460. The fourth-order valence-corrected chi connectivity index (χ4v) is 7.99. The third-order valence-corrected chi connectivity index (χ3v) is 10.3. The molecule has 8 aromatic carbocycles. The van der Waals surface area contributed by atoms with Crippen molar-refractivity contribution in [3.05, 3.63) is 211 Å². The molecular formula is C49H33NO. The van der Waals surface area contributed by atoms with Crippen molar-refractivity contribution in [2.45, 2.75) is 5.92 Å². The normalized spacial score (nSPS) is 12.2. The van der Waals surface area contributed by atoms with Crippen LogP contribution in [0.25, 0.3) is 71.7 Å². The maximum atomic E-state index is 6.45. The van der Waals surface area contributed by atoms with Crippen molar-refractivity contribution in [1.29, 1.82) is 0 Å². The summed E-state index contributed by atoms with van der Waals surface area (Å²) in [6.07, 6.45) is 0. The zero-order valence-electron chi connectivity index (χ0n) is 27.9. The Bertz CT molecular complexity index is 2860. The quantitative estimate of drug-likeness (QED) is 0.164. The molecule has 10 aromatic rings. The van der Waals surface area contributed by atoms with Crippen molar-refractivity contribution < 1.29 is 4.42 Å². The molecule has 0 saturated carbocycles. The van der Waals surface area contributed by atoms with E-state index in [1.165, 1.54) is 55.3 Å². The monoisotopic (exact) mass is 651 g/mol. The molecule has 0 fully saturated rings. The average Bonchev–Trinajstić information content (AvgIpc) is 3.75. The number of benzene rings is 8. The summed E-state index contributed by atoms with van der Waals surface area (Å²) >= 11 is 0. The van der Waals surface area contributed by atoms with Gasteiger partial charge in [0.2, 0.25) is 0 Å². The van der Waals surface area contributed by atoms with Crippen molar-refractivity contribution >= 4 is 43.7 Å². The van der Waals surface area contributed by atoms with Gasteiger partial charge in [-0.25, -0.2) is 0 Å². The topological polar surface area (TPSA) is 18.1 Å². The molecule has 0 radical (unpaired) electrons. The summed E-state index contributed by atoms with van der Waals surface area (Å²) in [7, 11) is 0. The third kappa shape index (κ3) is 4.95. The van der Waals surface area contributed by atoms with Gasteiger partial charge in [0.05, 0.1) is 11.0 Å². The van der Waals surface area contributed by atoms with Crippen LogP contribution < -0.4 is 0 Å². The van der Waals surface area contributed by atoms with E-state index in [0.717, 1.165) is 33.1 Å². The standard InChI is InChI=1S/C49H33NO/c1-3-14-33(15-4-1)48(38-19-12-17-36(31-38)40-24-13-25-43-42-23-8-10-27-47(42)51-49(40)43)37-18-11-16-34(30-37)35-28-29-46-44(32-35)41-22-7-9-26-45(41)50(46)39-20-5-2-6-21-39/h1-32,48H. The molecule has 0 saturated heterocycles. The van der Waals surface area contributed by atoms with E-state index in [1.807, 2.05) is 12.1 Å². The predicted molar refractivity (Wildman–Crippen MR) is 213 cm³/mol. The Hall–Kier alpha value is -6.64. The molecule has 0 aliphatic heterocycles. The Morgan fingerprint density at radius 1 is 0.373 bits per heavy atom. The van der Waals surface area contributed by atoms with Crippen LogP contribution in [0.2, 0.25) is 0 Å². The summed E-state index contributed by atoms with van der Waals surface area (Å²) in [5, 5.41) is 4.80. The van der Waals surface area contributed by atoms with Crippen LogP contribution in [-0.2, 0) is 0 Å². The molecule has 2 nitrogen and oxygen atoms in total. The van der Waals surface area contributed by atoms with Crippen LogP contribution in [0.3, 0.4) is 0 Å². The van der Waals surface area contributed by atoms with Crippen LogP contribution in [0.15, 0.2) is 199 Å². The maximum absolute atomic E-state index is 6.45. The first-order chi connectivity index (χ1) is 25.3. The number of aromatic nitrogens is 1. The van der Waals surface area contributed by atoms with Crippen LogP contribution >= 0.6 is 0 Å². The van der Waals surface area contributed by atoms with Crippen LogP contribution in [-0.4, -0.2) is 4.57 Å². The first-order valence-corrected chi connectivity index (χ1v) is 17.5. The first kappa shape index (κ1) is 29.3. The highest BCUT2D eigenvalue weighted by atomic mass is 16.3.